The van der Waals surface area contributed by atoms with Crippen molar-refractivity contribution in [1.82, 2.24) is 10.6 Å². The van der Waals surface area contributed by atoms with Crippen LogP contribution in [0.1, 0.15) is 93.2 Å². The maximum absolute atomic E-state index is 13.6. The van der Waals surface area contributed by atoms with Gasteiger partial charge in [0.25, 0.3) is 0 Å². The number of nitrogens with one attached hydrogen (secondary N) is 2. The second kappa shape index (κ2) is 11.2. The van der Waals surface area contributed by atoms with E-state index in [1.54, 1.807) is 0 Å². The van der Waals surface area contributed by atoms with Crippen molar-refractivity contribution in [3.63, 3.8) is 0 Å². The second-order valence-electron chi connectivity index (χ2n) is 12.9. The molecule has 6 unspecified atom stereocenters. The van der Waals surface area contributed by atoms with E-state index in [2.05, 4.69) is 10.6 Å². The predicted molar refractivity (Wildman–Crippen MR) is 172 cm³/mol. The van der Waals surface area contributed by atoms with Crippen LogP contribution in [0, 0.1) is 11.8 Å². The van der Waals surface area contributed by atoms with Gasteiger partial charge in [-0.05, 0) is 48.2 Å². The first kappa shape index (κ1) is 29.6. The van der Waals surface area contributed by atoms with Gasteiger partial charge in [0.2, 0.25) is 11.8 Å². The molecule has 0 heterocycles. The van der Waals surface area contributed by atoms with E-state index in [1.165, 1.54) is 36.4 Å². The highest BCUT2D eigenvalue weighted by Gasteiger charge is 2.49. The normalized spacial score (nSPS) is 24.9. The fourth-order valence-electron chi connectivity index (χ4n) is 7.09. The van der Waals surface area contributed by atoms with E-state index in [0.29, 0.717) is 12.8 Å². The monoisotopic (exact) mass is 636 g/mol. The highest BCUT2D eigenvalue weighted by molar-refractivity contribution is 6.37. The number of fused-ring (bicyclic) bond motifs is 2. The summed E-state index contributed by atoms with van der Waals surface area (Å²) in [6.45, 7) is 0. The molecule has 2 N–H and O–H groups in total. The van der Waals surface area contributed by atoms with Gasteiger partial charge in [-0.3, -0.25) is 33.6 Å². The smallest absolute Gasteiger partial charge is 0.239 e. The first-order chi connectivity index (χ1) is 23.2. The van der Waals surface area contributed by atoms with Gasteiger partial charge in [0.15, 0.2) is 40.8 Å². The Labute approximate surface area is 274 Å². The molecule has 9 heteroatoms. The standard InChI is InChI=1S/C39H28N2O7/c42-33(21-11-13-23-27(15-21)36(45)31(34(23)43)38(47)40-29-17-25(29)19-7-3-1-4-8-19)22-12-14-24-28(16-22)37(46)32(35(24)44)39(48)41-30-18-26(30)20-9-5-2-6-10-20/h1-16,25-26,29-32H,17-18H2,(H,40,47)(H,41,48). The van der Waals surface area contributed by atoms with Crippen LogP contribution in [0.2, 0.25) is 0 Å². The van der Waals surface area contributed by atoms with Crippen molar-refractivity contribution < 1.29 is 33.6 Å². The van der Waals surface area contributed by atoms with Crippen molar-refractivity contribution in [3.8, 4) is 0 Å². The number of ketones is 5. The summed E-state index contributed by atoms with van der Waals surface area (Å²) in [5.74, 6) is -7.23. The maximum atomic E-state index is 13.6. The molecule has 0 radical (unpaired) electrons. The zero-order valence-corrected chi connectivity index (χ0v) is 25.5. The lowest BCUT2D eigenvalue weighted by Gasteiger charge is -2.09. The number of rotatable bonds is 8. The van der Waals surface area contributed by atoms with Gasteiger partial charge in [0.1, 0.15) is 0 Å². The average molecular weight is 637 g/mol. The number of Topliss-reactive ketones (excluding diaryl/α,β-unsaturated/α-hetero) is 4. The van der Waals surface area contributed by atoms with E-state index in [0.717, 1.165) is 11.1 Å². The van der Waals surface area contributed by atoms with Crippen LogP contribution in [0.3, 0.4) is 0 Å². The third-order valence-electron chi connectivity index (χ3n) is 9.89. The lowest BCUT2D eigenvalue weighted by molar-refractivity contribution is -0.123. The molecule has 2 fully saturated rings. The molecule has 4 aromatic carbocycles. The molecular weight excluding hydrogens is 608 g/mol. The molecule has 4 aromatic rings. The van der Waals surface area contributed by atoms with E-state index in [9.17, 15) is 33.6 Å². The fourth-order valence-corrected chi connectivity index (χ4v) is 7.09. The van der Waals surface area contributed by atoms with Crippen LogP contribution in [0.25, 0.3) is 0 Å². The predicted octanol–water partition coefficient (Wildman–Crippen LogP) is 4.25. The quantitative estimate of drug-likeness (QED) is 0.217. The lowest BCUT2D eigenvalue weighted by atomic mass is 9.96. The zero-order chi connectivity index (χ0) is 33.3. The Balaban J connectivity index is 0.954. The van der Waals surface area contributed by atoms with Crippen LogP contribution in [-0.2, 0) is 9.59 Å². The summed E-state index contributed by atoms with van der Waals surface area (Å²) in [6.07, 6.45) is 1.43. The molecule has 9 nitrogen and oxygen atoms in total. The molecular formula is C39H28N2O7. The molecule has 0 spiro atoms. The van der Waals surface area contributed by atoms with E-state index < -0.39 is 52.6 Å². The van der Waals surface area contributed by atoms with Gasteiger partial charge < -0.3 is 10.6 Å². The molecule has 0 saturated heterocycles. The minimum Gasteiger partial charge on any atom is -0.352 e. The highest BCUT2D eigenvalue weighted by Crippen LogP contribution is 2.42. The Morgan fingerprint density at radius 2 is 0.854 bits per heavy atom. The summed E-state index contributed by atoms with van der Waals surface area (Å²) in [5.41, 5.74) is 2.42. The van der Waals surface area contributed by atoms with E-state index in [4.69, 9.17) is 0 Å². The third kappa shape index (κ3) is 4.90. The molecule has 6 atom stereocenters. The van der Waals surface area contributed by atoms with E-state index >= 15 is 0 Å². The van der Waals surface area contributed by atoms with Crippen LogP contribution in [0.5, 0.6) is 0 Å². The minimum absolute atomic E-state index is 0.0144. The molecule has 0 aromatic heterocycles. The summed E-state index contributed by atoms with van der Waals surface area (Å²) in [5, 5.41) is 5.67. The second-order valence-corrected chi connectivity index (χ2v) is 12.9. The fraction of sp³-hybridized carbons (Fsp3) is 0.205. The van der Waals surface area contributed by atoms with Gasteiger partial charge in [-0.15, -0.1) is 0 Å². The lowest BCUT2D eigenvalue weighted by Crippen LogP contribution is -2.38. The van der Waals surface area contributed by atoms with Crippen LogP contribution in [0.15, 0.2) is 97.1 Å². The van der Waals surface area contributed by atoms with Gasteiger partial charge in [-0.1, -0.05) is 72.8 Å². The van der Waals surface area contributed by atoms with Crippen LogP contribution >= 0.6 is 0 Å². The molecule has 8 rings (SSSR count). The molecule has 2 saturated carbocycles. The topological polar surface area (TPSA) is 144 Å². The molecule has 4 aliphatic carbocycles. The van der Waals surface area contributed by atoms with Crippen molar-refractivity contribution in [2.75, 3.05) is 0 Å². The first-order valence-electron chi connectivity index (χ1n) is 15.9. The summed E-state index contributed by atoms with van der Waals surface area (Å²) in [7, 11) is 0. The number of hydrogen-bond donors (Lipinski definition) is 2. The van der Waals surface area contributed by atoms with E-state index in [1.807, 2.05) is 60.7 Å². The Hall–Kier alpha value is -5.83. The number of carbonyl (C=O) groups is 7. The van der Waals surface area contributed by atoms with Crippen molar-refractivity contribution in [3.05, 3.63) is 142 Å². The number of benzene rings is 4. The molecule has 2 amide bonds. The first-order valence-corrected chi connectivity index (χ1v) is 15.9. The number of carbonyl (C=O) groups excluding carboxylic acids is 7. The highest BCUT2D eigenvalue weighted by atomic mass is 16.2. The van der Waals surface area contributed by atoms with Gasteiger partial charge in [-0.25, -0.2) is 0 Å². The largest absolute Gasteiger partial charge is 0.352 e. The average Bonchev–Trinajstić information content (AvgIpc) is 4.02. The van der Waals surface area contributed by atoms with Crippen LogP contribution < -0.4 is 10.6 Å². The van der Waals surface area contributed by atoms with Crippen molar-refractivity contribution in [2.24, 2.45) is 11.8 Å². The summed E-state index contributed by atoms with van der Waals surface area (Å²) in [6, 6.07) is 27.1. The molecule has 48 heavy (non-hydrogen) atoms. The van der Waals surface area contributed by atoms with E-state index in [-0.39, 0.29) is 57.3 Å². The molecule has 0 aliphatic heterocycles. The Kier molecular flexibility index (Phi) is 6.87. The molecule has 236 valence electrons. The SMILES string of the molecule is O=C(c1ccc2c(c1)C(=O)C(C(=O)NC1CC1c1ccccc1)C2=O)c1ccc2c(c1)C(=O)C(C(=O)NC1CC1c1ccccc1)C2=O. The van der Waals surface area contributed by atoms with Gasteiger partial charge >= 0.3 is 0 Å². The summed E-state index contributed by atoms with van der Waals surface area (Å²) in [4.78, 5) is 92.6. The van der Waals surface area contributed by atoms with Crippen LogP contribution in [-0.4, -0.2) is 52.8 Å². The van der Waals surface area contributed by atoms with Gasteiger partial charge in [-0.2, -0.15) is 0 Å². The van der Waals surface area contributed by atoms with Gasteiger partial charge in [0.05, 0.1) is 0 Å². The van der Waals surface area contributed by atoms with Crippen molar-refractivity contribution in [1.29, 1.82) is 0 Å². The van der Waals surface area contributed by atoms with Crippen LogP contribution in [0.4, 0.5) is 0 Å². The maximum Gasteiger partial charge on any atom is 0.239 e. The molecule has 4 aliphatic rings. The summed E-state index contributed by atoms with van der Waals surface area (Å²) < 4.78 is 0. The third-order valence-corrected chi connectivity index (χ3v) is 9.89. The minimum atomic E-state index is -1.52. The Morgan fingerprint density at radius 1 is 0.479 bits per heavy atom. The zero-order valence-electron chi connectivity index (χ0n) is 25.5. The Morgan fingerprint density at radius 3 is 1.25 bits per heavy atom. The summed E-state index contributed by atoms with van der Waals surface area (Å²) >= 11 is 0. The number of hydrogen-bond acceptors (Lipinski definition) is 7. The number of amides is 2. The Bertz CT molecular complexity index is 1960. The van der Waals surface area contributed by atoms with Crippen molar-refractivity contribution >= 4 is 40.7 Å². The van der Waals surface area contributed by atoms with Crippen molar-refractivity contribution in [2.45, 2.75) is 36.8 Å². The molecule has 0 bridgehead atoms. The van der Waals surface area contributed by atoms with Gasteiger partial charge in [0, 0.05) is 57.3 Å².